The molecule has 3 rings (SSSR count). The molecule has 150 valence electrons. The third-order valence-electron chi connectivity index (χ3n) is 4.30. The van der Waals surface area contributed by atoms with Crippen molar-refractivity contribution < 1.29 is 9.59 Å². The summed E-state index contributed by atoms with van der Waals surface area (Å²) in [5.41, 5.74) is 2.45. The first-order valence-corrected chi connectivity index (χ1v) is 10.7. The second-order valence-electron chi connectivity index (χ2n) is 6.28. The number of fused-ring (bicyclic) bond motifs is 1. The van der Waals surface area contributed by atoms with Gasteiger partial charge in [0.25, 0.3) is 5.56 Å². The maximum atomic E-state index is 12.6. The molecule has 0 radical (unpaired) electrons. The molecule has 0 aliphatic rings. The maximum absolute atomic E-state index is 12.6. The van der Waals surface area contributed by atoms with Crippen LogP contribution in [0.3, 0.4) is 0 Å². The van der Waals surface area contributed by atoms with Gasteiger partial charge in [0.05, 0.1) is 11.1 Å². The minimum atomic E-state index is -0.602. The van der Waals surface area contributed by atoms with Crippen molar-refractivity contribution in [3.63, 3.8) is 0 Å². The highest BCUT2D eigenvalue weighted by molar-refractivity contribution is 7.99. The number of thiophene rings is 1. The van der Waals surface area contributed by atoms with Crippen molar-refractivity contribution in [2.75, 3.05) is 11.1 Å². The quantitative estimate of drug-likeness (QED) is 0.355. The molecule has 0 fully saturated rings. The van der Waals surface area contributed by atoms with Crippen LogP contribution in [0, 0.1) is 13.8 Å². The van der Waals surface area contributed by atoms with Crippen LogP contribution in [0.25, 0.3) is 10.2 Å². The Hall–Kier alpha value is -2.91. The van der Waals surface area contributed by atoms with E-state index in [1.54, 1.807) is 23.6 Å². The number of anilines is 1. The number of rotatable bonds is 6. The number of aromatic nitrogens is 2. The number of benzene rings is 1. The van der Waals surface area contributed by atoms with Gasteiger partial charge in [-0.2, -0.15) is 0 Å². The van der Waals surface area contributed by atoms with Crippen molar-refractivity contribution in [2.45, 2.75) is 25.5 Å². The predicted molar refractivity (Wildman–Crippen MR) is 118 cm³/mol. The molecule has 0 unspecified atom stereocenters. The summed E-state index contributed by atoms with van der Waals surface area (Å²) in [6, 6.07) is 6.68. The Labute approximate surface area is 175 Å². The predicted octanol–water partition coefficient (Wildman–Crippen LogP) is 3.70. The smallest absolute Gasteiger partial charge is 0.307 e. The number of allylic oxidation sites excluding steroid dienone is 1. The van der Waals surface area contributed by atoms with E-state index in [1.807, 2.05) is 26.0 Å². The number of nitrogens with zero attached hydrogens (tertiary/aromatic N) is 2. The van der Waals surface area contributed by atoms with Crippen LogP contribution in [-0.2, 0) is 11.3 Å². The average molecular weight is 429 g/mol. The van der Waals surface area contributed by atoms with Crippen LogP contribution < -0.4 is 16.2 Å². The van der Waals surface area contributed by atoms with Gasteiger partial charge in [0.1, 0.15) is 4.83 Å². The van der Waals surface area contributed by atoms with Crippen molar-refractivity contribution in [2.24, 2.45) is 0 Å². The van der Waals surface area contributed by atoms with E-state index in [1.165, 1.54) is 15.9 Å². The zero-order valence-corrected chi connectivity index (χ0v) is 17.7. The first-order valence-electron chi connectivity index (χ1n) is 8.79. The summed E-state index contributed by atoms with van der Waals surface area (Å²) >= 11 is 2.46. The Bertz CT molecular complexity index is 1150. The number of carbonyl (C=O) groups excluding carboxylic acids is 2. The fraction of sp³-hybridized carbons (Fsp3) is 0.200. The van der Waals surface area contributed by atoms with Crippen LogP contribution in [0.15, 0.2) is 52.3 Å². The second-order valence-corrected chi connectivity index (χ2v) is 8.11. The van der Waals surface area contributed by atoms with Gasteiger partial charge < -0.3 is 5.32 Å². The standard InChI is InChI=1S/C20H20N4O3S2/c1-4-9-24-18(26)14-8-10-28-17(14)23-20(24)29-11-16(25)22-19(27)21-15-7-5-6-12(2)13(15)3/h4-8,10H,1,9,11H2,2-3H3,(H2,21,22,25,27). The number of hydrogen-bond donors (Lipinski definition) is 2. The van der Waals surface area contributed by atoms with Crippen LogP contribution in [0.1, 0.15) is 11.1 Å². The first-order chi connectivity index (χ1) is 13.9. The van der Waals surface area contributed by atoms with Gasteiger partial charge in [-0.1, -0.05) is 30.0 Å². The normalized spacial score (nSPS) is 10.7. The Morgan fingerprint density at radius 2 is 2.10 bits per heavy atom. The molecule has 0 bridgehead atoms. The Morgan fingerprint density at radius 1 is 1.31 bits per heavy atom. The van der Waals surface area contributed by atoms with E-state index < -0.39 is 11.9 Å². The molecular weight excluding hydrogens is 408 g/mol. The molecule has 0 aliphatic carbocycles. The van der Waals surface area contributed by atoms with Crippen LogP contribution in [-0.4, -0.2) is 27.2 Å². The molecule has 0 saturated carbocycles. The number of imide groups is 1. The van der Waals surface area contributed by atoms with E-state index >= 15 is 0 Å². The summed E-state index contributed by atoms with van der Waals surface area (Å²) in [5.74, 6) is -0.538. The first kappa shape index (κ1) is 20.8. The monoisotopic (exact) mass is 428 g/mol. The van der Waals surface area contributed by atoms with Crippen molar-refractivity contribution in [3.8, 4) is 0 Å². The van der Waals surface area contributed by atoms with Crippen molar-refractivity contribution in [3.05, 3.63) is 63.8 Å². The Morgan fingerprint density at radius 3 is 2.86 bits per heavy atom. The molecule has 0 aliphatic heterocycles. The zero-order valence-electron chi connectivity index (χ0n) is 16.0. The summed E-state index contributed by atoms with van der Waals surface area (Å²) in [6.45, 7) is 7.80. The number of amides is 3. The molecule has 9 heteroatoms. The molecule has 7 nitrogen and oxygen atoms in total. The molecule has 29 heavy (non-hydrogen) atoms. The van der Waals surface area contributed by atoms with Crippen LogP contribution in [0.2, 0.25) is 0 Å². The van der Waals surface area contributed by atoms with E-state index in [-0.39, 0.29) is 17.9 Å². The molecule has 2 aromatic heterocycles. The fourth-order valence-electron chi connectivity index (χ4n) is 2.66. The molecule has 2 heterocycles. The number of carbonyl (C=O) groups is 2. The van der Waals surface area contributed by atoms with E-state index in [0.717, 1.165) is 22.9 Å². The fourth-order valence-corrected chi connectivity index (χ4v) is 4.28. The molecule has 1 aromatic carbocycles. The molecule has 0 atom stereocenters. The largest absolute Gasteiger partial charge is 0.325 e. The summed E-state index contributed by atoms with van der Waals surface area (Å²) in [6.07, 6.45) is 1.60. The van der Waals surface area contributed by atoms with Gasteiger partial charge >= 0.3 is 6.03 Å². The third-order valence-corrected chi connectivity index (χ3v) is 6.08. The van der Waals surface area contributed by atoms with E-state index in [0.29, 0.717) is 21.1 Å². The zero-order chi connectivity index (χ0) is 21.0. The minimum absolute atomic E-state index is 0.0549. The molecular formula is C20H20N4O3S2. The van der Waals surface area contributed by atoms with Gasteiger partial charge in [-0.25, -0.2) is 9.78 Å². The Kier molecular flexibility index (Phi) is 6.50. The van der Waals surface area contributed by atoms with E-state index in [9.17, 15) is 14.4 Å². The lowest BCUT2D eigenvalue weighted by Gasteiger charge is -2.12. The third kappa shape index (κ3) is 4.75. The number of nitrogens with one attached hydrogen (secondary N) is 2. The number of hydrogen-bond acceptors (Lipinski definition) is 6. The maximum Gasteiger partial charge on any atom is 0.325 e. The molecule has 0 spiro atoms. The van der Waals surface area contributed by atoms with Gasteiger partial charge in [-0.15, -0.1) is 17.9 Å². The Balaban J connectivity index is 1.66. The lowest BCUT2D eigenvalue weighted by Crippen LogP contribution is -2.36. The van der Waals surface area contributed by atoms with Gasteiger partial charge in [0, 0.05) is 12.2 Å². The SMILES string of the molecule is C=CCn1c(SCC(=O)NC(=O)Nc2cccc(C)c2C)nc2sccc2c1=O. The van der Waals surface area contributed by atoms with Gasteiger partial charge in [0.2, 0.25) is 5.91 Å². The minimum Gasteiger partial charge on any atom is -0.307 e. The van der Waals surface area contributed by atoms with Gasteiger partial charge in [0.15, 0.2) is 5.16 Å². The van der Waals surface area contributed by atoms with E-state index in [2.05, 4.69) is 22.2 Å². The molecule has 0 saturated heterocycles. The average Bonchev–Trinajstić information content (AvgIpc) is 3.15. The van der Waals surface area contributed by atoms with Crippen LogP contribution in [0.5, 0.6) is 0 Å². The molecule has 3 aromatic rings. The summed E-state index contributed by atoms with van der Waals surface area (Å²) in [7, 11) is 0. The highest BCUT2D eigenvalue weighted by atomic mass is 32.2. The number of urea groups is 1. The highest BCUT2D eigenvalue weighted by Gasteiger charge is 2.15. The number of thioether (sulfide) groups is 1. The summed E-state index contributed by atoms with van der Waals surface area (Å²) in [5, 5.41) is 7.73. The highest BCUT2D eigenvalue weighted by Crippen LogP contribution is 2.21. The summed E-state index contributed by atoms with van der Waals surface area (Å²) < 4.78 is 1.47. The number of aryl methyl sites for hydroxylation is 1. The lowest BCUT2D eigenvalue weighted by atomic mass is 10.1. The van der Waals surface area contributed by atoms with E-state index in [4.69, 9.17) is 0 Å². The van der Waals surface area contributed by atoms with Crippen molar-refractivity contribution in [1.82, 2.24) is 14.9 Å². The van der Waals surface area contributed by atoms with Crippen LogP contribution >= 0.6 is 23.1 Å². The van der Waals surface area contributed by atoms with Gasteiger partial charge in [-0.3, -0.25) is 19.5 Å². The molecule has 2 N–H and O–H groups in total. The van der Waals surface area contributed by atoms with Gasteiger partial charge in [-0.05, 0) is 42.5 Å². The second kappa shape index (κ2) is 9.06. The van der Waals surface area contributed by atoms with Crippen LogP contribution in [0.4, 0.5) is 10.5 Å². The topological polar surface area (TPSA) is 93.1 Å². The van der Waals surface area contributed by atoms with Crippen molar-refractivity contribution in [1.29, 1.82) is 0 Å². The lowest BCUT2D eigenvalue weighted by molar-refractivity contribution is -0.117. The molecule has 3 amide bonds. The summed E-state index contributed by atoms with van der Waals surface area (Å²) in [4.78, 5) is 42.0. The van der Waals surface area contributed by atoms with Crippen molar-refractivity contribution >= 4 is 50.9 Å².